The maximum absolute atomic E-state index is 12.4. The molecule has 0 fully saturated rings. The molecule has 30 heavy (non-hydrogen) atoms. The number of hydrogen-bond donors (Lipinski definition) is 1. The van der Waals surface area contributed by atoms with Crippen LogP contribution >= 0.6 is 0 Å². The number of amides is 2. The number of hydrogen-bond acceptors (Lipinski definition) is 6. The summed E-state index contributed by atoms with van der Waals surface area (Å²) in [7, 11) is 1.54. The first-order valence-corrected chi connectivity index (χ1v) is 10.0. The number of nitrogens with zero attached hydrogens (tertiary/aromatic N) is 3. The van der Waals surface area contributed by atoms with Gasteiger partial charge in [-0.05, 0) is 56.4 Å². The van der Waals surface area contributed by atoms with Gasteiger partial charge in [0.25, 0.3) is 5.91 Å². The average molecular weight is 412 g/mol. The minimum Gasteiger partial charge on any atom is -0.472 e. The fraction of sp³-hybridized carbons (Fsp3) is 0.455. The molecular formula is C22H28N4O4. The van der Waals surface area contributed by atoms with Crippen LogP contribution in [0, 0.1) is 0 Å². The predicted octanol–water partition coefficient (Wildman–Crippen LogP) is 2.75. The van der Waals surface area contributed by atoms with Gasteiger partial charge in [-0.15, -0.1) is 10.2 Å². The molecule has 0 unspecified atom stereocenters. The Morgan fingerprint density at radius 2 is 1.80 bits per heavy atom. The normalized spacial score (nSPS) is 13.8. The molecule has 2 aromatic rings. The van der Waals surface area contributed by atoms with Crippen LogP contribution in [0.15, 0.2) is 30.3 Å². The summed E-state index contributed by atoms with van der Waals surface area (Å²) in [6, 6.07) is 9.42. The third kappa shape index (κ3) is 5.68. The Hall–Kier alpha value is -3.16. The van der Waals surface area contributed by atoms with E-state index in [9.17, 15) is 9.59 Å². The van der Waals surface area contributed by atoms with Crippen molar-refractivity contribution in [2.24, 2.45) is 0 Å². The highest BCUT2D eigenvalue weighted by atomic mass is 16.6. The van der Waals surface area contributed by atoms with Crippen molar-refractivity contribution in [2.45, 2.75) is 45.8 Å². The summed E-state index contributed by atoms with van der Waals surface area (Å²) in [5, 5.41) is 10.3. The molecule has 1 N–H and O–H groups in total. The zero-order chi connectivity index (χ0) is 21.7. The molecule has 160 valence electrons. The number of benzene rings is 1. The minimum atomic E-state index is -0.498. The minimum absolute atomic E-state index is 0.240. The Kier molecular flexibility index (Phi) is 6.54. The Morgan fingerprint density at radius 3 is 2.43 bits per heavy atom. The van der Waals surface area contributed by atoms with Crippen molar-refractivity contribution in [3.8, 4) is 5.88 Å². The Bertz CT molecular complexity index is 906. The number of carbonyl (C=O) groups is 2. The van der Waals surface area contributed by atoms with Crippen LogP contribution in [0.2, 0.25) is 0 Å². The number of nitrogens with one attached hydrogen (secondary N) is 1. The summed E-state index contributed by atoms with van der Waals surface area (Å²) in [6.45, 7) is 7.24. The van der Waals surface area contributed by atoms with Gasteiger partial charge in [-0.1, -0.05) is 18.2 Å². The van der Waals surface area contributed by atoms with Crippen LogP contribution < -0.4 is 10.1 Å². The SMILES string of the molecule is CNC(=O)c1ccc(OCc2ccc3c(c2)CCN(C(=O)OC(C)(C)C)CC3)nn1. The molecule has 1 aromatic heterocycles. The first kappa shape index (κ1) is 21.5. The van der Waals surface area contributed by atoms with Crippen LogP contribution in [0.4, 0.5) is 4.79 Å². The van der Waals surface area contributed by atoms with Gasteiger partial charge in [0.1, 0.15) is 12.2 Å². The van der Waals surface area contributed by atoms with Crippen LogP contribution in [0.25, 0.3) is 0 Å². The largest absolute Gasteiger partial charge is 0.472 e. The zero-order valence-electron chi connectivity index (χ0n) is 17.9. The molecule has 0 bridgehead atoms. The van der Waals surface area contributed by atoms with E-state index in [1.165, 1.54) is 11.1 Å². The van der Waals surface area contributed by atoms with Gasteiger partial charge in [0, 0.05) is 26.2 Å². The van der Waals surface area contributed by atoms with Crippen molar-refractivity contribution in [2.75, 3.05) is 20.1 Å². The molecule has 0 saturated heterocycles. The van der Waals surface area contributed by atoms with Gasteiger partial charge in [-0.3, -0.25) is 4.79 Å². The lowest BCUT2D eigenvalue weighted by Gasteiger charge is -2.26. The van der Waals surface area contributed by atoms with Crippen LogP contribution in [0.5, 0.6) is 5.88 Å². The third-order valence-corrected chi connectivity index (χ3v) is 4.71. The van der Waals surface area contributed by atoms with Crippen LogP contribution in [-0.2, 0) is 24.2 Å². The molecule has 0 aliphatic carbocycles. The zero-order valence-corrected chi connectivity index (χ0v) is 17.9. The fourth-order valence-electron chi connectivity index (χ4n) is 3.18. The molecule has 8 nitrogen and oxygen atoms in total. The van der Waals surface area contributed by atoms with Crippen molar-refractivity contribution < 1.29 is 19.1 Å². The van der Waals surface area contributed by atoms with E-state index < -0.39 is 5.60 Å². The number of carbonyl (C=O) groups excluding carboxylic acids is 2. The lowest BCUT2D eigenvalue weighted by atomic mass is 10.0. The lowest BCUT2D eigenvalue weighted by Crippen LogP contribution is -2.38. The molecule has 1 aliphatic heterocycles. The Labute approximate surface area is 176 Å². The Morgan fingerprint density at radius 1 is 1.07 bits per heavy atom. The average Bonchev–Trinajstić information content (AvgIpc) is 2.93. The maximum Gasteiger partial charge on any atom is 0.410 e. The highest BCUT2D eigenvalue weighted by Gasteiger charge is 2.24. The molecule has 1 aliphatic rings. The molecule has 0 radical (unpaired) electrons. The van der Waals surface area contributed by atoms with Gasteiger partial charge in [0.15, 0.2) is 5.69 Å². The first-order valence-electron chi connectivity index (χ1n) is 10.0. The molecule has 0 atom stereocenters. The van der Waals surface area contributed by atoms with Crippen molar-refractivity contribution >= 4 is 12.0 Å². The second kappa shape index (κ2) is 9.11. The van der Waals surface area contributed by atoms with Gasteiger partial charge in [-0.25, -0.2) is 4.79 Å². The van der Waals surface area contributed by atoms with Crippen LogP contribution in [0.3, 0.4) is 0 Å². The van der Waals surface area contributed by atoms with Crippen molar-refractivity contribution in [1.29, 1.82) is 0 Å². The van der Waals surface area contributed by atoms with E-state index in [1.54, 1.807) is 24.1 Å². The van der Waals surface area contributed by atoms with Crippen LogP contribution in [0.1, 0.15) is 48.0 Å². The standard InChI is InChI=1S/C22H28N4O4/c1-22(2,3)30-21(28)26-11-9-16-6-5-15(13-17(16)10-12-26)14-29-19-8-7-18(24-25-19)20(27)23-4/h5-8,13H,9-12,14H2,1-4H3,(H,23,27). The molecule has 0 saturated carbocycles. The highest BCUT2D eigenvalue weighted by Crippen LogP contribution is 2.20. The summed E-state index contributed by atoms with van der Waals surface area (Å²) >= 11 is 0. The van der Waals surface area contributed by atoms with E-state index in [0.717, 1.165) is 18.4 Å². The topological polar surface area (TPSA) is 93.7 Å². The number of rotatable bonds is 4. The smallest absolute Gasteiger partial charge is 0.410 e. The molecule has 1 aromatic carbocycles. The molecule has 3 rings (SSSR count). The van der Waals surface area contributed by atoms with Crippen molar-refractivity contribution in [3.05, 3.63) is 52.7 Å². The summed E-state index contributed by atoms with van der Waals surface area (Å²) < 4.78 is 11.2. The lowest BCUT2D eigenvalue weighted by molar-refractivity contribution is 0.0258. The first-order chi connectivity index (χ1) is 14.2. The summed E-state index contributed by atoms with van der Waals surface area (Å²) in [5.41, 5.74) is 3.20. The summed E-state index contributed by atoms with van der Waals surface area (Å²) in [5.74, 6) is 0.0638. The van der Waals surface area contributed by atoms with E-state index in [0.29, 0.717) is 25.6 Å². The van der Waals surface area contributed by atoms with E-state index in [-0.39, 0.29) is 17.7 Å². The second-order valence-electron chi connectivity index (χ2n) is 8.20. The fourth-order valence-corrected chi connectivity index (χ4v) is 3.18. The molecule has 0 spiro atoms. The molecule has 8 heteroatoms. The van der Waals surface area contributed by atoms with E-state index in [1.807, 2.05) is 26.8 Å². The van der Waals surface area contributed by atoms with E-state index in [4.69, 9.17) is 9.47 Å². The Balaban J connectivity index is 1.60. The van der Waals surface area contributed by atoms with Gasteiger partial charge in [0.2, 0.25) is 5.88 Å². The van der Waals surface area contributed by atoms with Gasteiger partial charge in [0.05, 0.1) is 0 Å². The van der Waals surface area contributed by atoms with E-state index in [2.05, 4.69) is 27.6 Å². The van der Waals surface area contributed by atoms with Crippen molar-refractivity contribution in [3.63, 3.8) is 0 Å². The summed E-state index contributed by atoms with van der Waals surface area (Å²) in [4.78, 5) is 25.7. The third-order valence-electron chi connectivity index (χ3n) is 4.71. The number of aromatic nitrogens is 2. The van der Waals surface area contributed by atoms with Gasteiger partial charge >= 0.3 is 6.09 Å². The van der Waals surface area contributed by atoms with Gasteiger partial charge in [-0.2, -0.15) is 0 Å². The monoisotopic (exact) mass is 412 g/mol. The number of ether oxygens (including phenoxy) is 2. The van der Waals surface area contributed by atoms with Crippen LogP contribution in [-0.4, -0.2) is 52.8 Å². The predicted molar refractivity (Wildman–Crippen MR) is 111 cm³/mol. The molecule has 2 heterocycles. The molecule has 2 amide bonds. The van der Waals surface area contributed by atoms with Gasteiger partial charge < -0.3 is 19.7 Å². The maximum atomic E-state index is 12.4. The van der Waals surface area contributed by atoms with Crippen molar-refractivity contribution in [1.82, 2.24) is 20.4 Å². The highest BCUT2D eigenvalue weighted by molar-refractivity contribution is 5.91. The quantitative estimate of drug-likeness (QED) is 0.830. The second-order valence-corrected chi connectivity index (χ2v) is 8.20. The number of fused-ring (bicyclic) bond motifs is 1. The summed E-state index contributed by atoms with van der Waals surface area (Å²) in [6.07, 6.45) is 1.29. The van der Waals surface area contributed by atoms with E-state index >= 15 is 0 Å². The molecular weight excluding hydrogens is 384 g/mol.